The molecule has 0 atom stereocenters. The SMILES string of the molecule is O=[N+]([O-])c1ccc(F)c(F)c1OCc1ccco1. The number of rotatable bonds is 4. The molecule has 18 heavy (non-hydrogen) atoms. The Bertz CT molecular complexity index is 569. The number of hydrogen-bond donors (Lipinski definition) is 0. The molecule has 1 aromatic heterocycles. The van der Waals surface area contributed by atoms with Crippen LogP contribution in [0.15, 0.2) is 34.9 Å². The van der Waals surface area contributed by atoms with Crippen LogP contribution in [0.25, 0.3) is 0 Å². The first-order valence-electron chi connectivity index (χ1n) is 4.87. The summed E-state index contributed by atoms with van der Waals surface area (Å²) >= 11 is 0. The molecule has 0 amide bonds. The summed E-state index contributed by atoms with van der Waals surface area (Å²) in [6, 6.07) is 4.64. The Morgan fingerprint density at radius 3 is 2.72 bits per heavy atom. The van der Waals surface area contributed by atoms with Crippen molar-refractivity contribution in [2.45, 2.75) is 6.61 Å². The van der Waals surface area contributed by atoms with Crippen molar-refractivity contribution < 1.29 is 22.9 Å². The van der Waals surface area contributed by atoms with Gasteiger partial charge in [-0.05, 0) is 18.2 Å². The highest BCUT2D eigenvalue weighted by Crippen LogP contribution is 2.32. The van der Waals surface area contributed by atoms with Crippen molar-refractivity contribution in [1.82, 2.24) is 0 Å². The molecule has 0 N–H and O–H groups in total. The van der Waals surface area contributed by atoms with Crippen molar-refractivity contribution in [3.8, 4) is 5.75 Å². The molecule has 7 heteroatoms. The van der Waals surface area contributed by atoms with Crippen LogP contribution in [0.2, 0.25) is 0 Å². The van der Waals surface area contributed by atoms with E-state index >= 15 is 0 Å². The quantitative estimate of drug-likeness (QED) is 0.622. The van der Waals surface area contributed by atoms with Crippen molar-refractivity contribution in [3.63, 3.8) is 0 Å². The van der Waals surface area contributed by atoms with Gasteiger partial charge in [0, 0.05) is 6.07 Å². The average molecular weight is 255 g/mol. The minimum absolute atomic E-state index is 0.228. The van der Waals surface area contributed by atoms with Crippen LogP contribution in [0.1, 0.15) is 5.76 Å². The van der Waals surface area contributed by atoms with Gasteiger partial charge in [0.2, 0.25) is 11.6 Å². The third-order valence-corrected chi connectivity index (χ3v) is 2.16. The van der Waals surface area contributed by atoms with E-state index in [-0.39, 0.29) is 6.61 Å². The van der Waals surface area contributed by atoms with Crippen LogP contribution in [0.4, 0.5) is 14.5 Å². The zero-order valence-electron chi connectivity index (χ0n) is 8.93. The molecule has 0 saturated carbocycles. The molecule has 0 fully saturated rings. The summed E-state index contributed by atoms with van der Waals surface area (Å²) in [5, 5.41) is 10.7. The molecule has 5 nitrogen and oxygen atoms in total. The predicted octanol–water partition coefficient (Wildman–Crippen LogP) is 3.05. The summed E-state index contributed by atoms with van der Waals surface area (Å²) in [5.41, 5.74) is -0.638. The Morgan fingerprint density at radius 1 is 1.33 bits per heavy atom. The van der Waals surface area contributed by atoms with Crippen LogP contribution in [0.3, 0.4) is 0 Å². The predicted molar refractivity (Wildman–Crippen MR) is 56.1 cm³/mol. The second-order valence-electron chi connectivity index (χ2n) is 3.33. The van der Waals surface area contributed by atoms with Gasteiger partial charge in [0.1, 0.15) is 12.4 Å². The monoisotopic (exact) mass is 255 g/mol. The van der Waals surface area contributed by atoms with Crippen LogP contribution in [0.5, 0.6) is 5.75 Å². The second-order valence-corrected chi connectivity index (χ2v) is 3.33. The van der Waals surface area contributed by atoms with Crippen molar-refractivity contribution in [1.29, 1.82) is 0 Å². The fourth-order valence-corrected chi connectivity index (χ4v) is 1.34. The van der Waals surface area contributed by atoms with E-state index in [1.807, 2.05) is 0 Å². The van der Waals surface area contributed by atoms with Crippen molar-refractivity contribution in [2.24, 2.45) is 0 Å². The lowest BCUT2D eigenvalue weighted by atomic mass is 10.2. The van der Waals surface area contributed by atoms with Crippen LogP contribution >= 0.6 is 0 Å². The molecule has 0 bridgehead atoms. The van der Waals surface area contributed by atoms with Gasteiger partial charge < -0.3 is 9.15 Å². The maximum absolute atomic E-state index is 13.4. The van der Waals surface area contributed by atoms with Gasteiger partial charge in [0.15, 0.2) is 5.82 Å². The first-order valence-corrected chi connectivity index (χ1v) is 4.87. The molecule has 2 aromatic rings. The number of nitro benzene ring substituents is 1. The molecule has 0 saturated heterocycles. The number of halogens is 2. The highest BCUT2D eigenvalue weighted by atomic mass is 19.2. The molecule has 0 radical (unpaired) electrons. The van der Waals surface area contributed by atoms with Gasteiger partial charge in [-0.2, -0.15) is 4.39 Å². The Labute approximate surface area is 99.7 Å². The van der Waals surface area contributed by atoms with E-state index in [1.165, 1.54) is 6.26 Å². The van der Waals surface area contributed by atoms with Gasteiger partial charge in [-0.15, -0.1) is 0 Å². The fraction of sp³-hybridized carbons (Fsp3) is 0.0909. The molecule has 2 rings (SSSR count). The van der Waals surface area contributed by atoms with E-state index in [0.717, 1.165) is 6.07 Å². The van der Waals surface area contributed by atoms with Crippen LogP contribution in [-0.4, -0.2) is 4.92 Å². The first-order chi connectivity index (χ1) is 8.59. The molecule has 1 heterocycles. The maximum atomic E-state index is 13.4. The van der Waals surface area contributed by atoms with Gasteiger partial charge in [-0.25, -0.2) is 4.39 Å². The molecule has 0 aliphatic heterocycles. The molecule has 0 spiro atoms. The maximum Gasteiger partial charge on any atom is 0.314 e. The molecular weight excluding hydrogens is 248 g/mol. The Balaban J connectivity index is 2.30. The highest BCUT2D eigenvalue weighted by molar-refractivity contribution is 5.47. The van der Waals surface area contributed by atoms with Crippen LogP contribution in [0, 0.1) is 21.7 Å². The summed E-state index contributed by atoms with van der Waals surface area (Å²) in [4.78, 5) is 9.81. The van der Waals surface area contributed by atoms with Crippen molar-refractivity contribution in [2.75, 3.05) is 0 Å². The summed E-state index contributed by atoms with van der Waals surface area (Å²) in [6.45, 7) is -0.228. The van der Waals surface area contributed by atoms with E-state index in [9.17, 15) is 18.9 Å². The topological polar surface area (TPSA) is 65.5 Å². The lowest BCUT2D eigenvalue weighted by Crippen LogP contribution is -2.02. The first kappa shape index (κ1) is 12.0. The number of ether oxygens (including phenoxy) is 1. The average Bonchev–Trinajstić information content (AvgIpc) is 2.83. The smallest absolute Gasteiger partial charge is 0.314 e. The lowest BCUT2D eigenvalue weighted by Gasteiger charge is -2.06. The fourth-order valence-electron chi connectivity index (χ4n) is 1.34. The Morgan fingerprint density at radius 2 is 2.11 bits per heavy atom. The Hall–Kier alpha value is -2.44. The largest absolute Gasteiger partial charge is 0.477 e. The van der Waals surface area contributed by atoms with Gasteiger partial charge in [0.05, 0.1) is 11.2 Å². The second kappa shape index (κ2) is 4.82. The number of nitrogens with zero attached hydrogens (tertiary/aromatic N) is 1. The van der Waals surface area contributed by atoms with E-state index in [2.05, 4.69) is 0 Å². The number of benzene rings is 1. The summed E-state index contributed by atoms with van der Waals surface area (Å²) in [6.07, 6.45) is 1.37. The molecule has 1 aromatic carbocycles. The number of furan rings is 1. The van der Waals surface area contributed by atoms with Gasteiger partial charge in [-0.3, -0.25) is 10.1 Å². The van der Waals surface area contributed by atoms with Crippen LogP contribution < -0.4 is 4.74 Å². The van der Waals surface area contributed by atoms with E-state index < -0.39 is 28.0 Å². The molecular formula is C11H7F2NO4. The summed E-state index contributed by atoms with van der Waals surface area (Å²) < 4.78 is 36.2. The van der Waals surface area contributed by atoms with E-state index in [1.54, 1.807) is 12.1 Å². The minimum atomic E-state index is -1.39. The molecule has 94 valence electrons. The molecule has 0 aliphatic carbocycles. The zero-order chi connectivity index (χ0) is 13.1. The van der Waals surface area contributed by atoms with E-state index in [4.69, 9.17) is 9.15 Å². The summed E-state index contributed by atoms with van der Waals surface area (Å²) in [5.74, 6) is -3.00. The number of nitro groups is 1. The van der Waals surface area contributed by atoms with Crippen LogP contribution in [-0.2, 0) is 6.61 Å². The molecule has 0 aliphatic rings. The van der Waals surface area contributed by atoms with E-state index in [0.29, 0.717) is 11.8 Å². The standard InChI is InChI=1S/C11H7F2NO4/c12-8-3-4-9(14(15)16)11(10(8)13)18-6-7-2-1-5-17-7/h1-5H,6H2. The Kier molecular flexibility index (Phi) is 3.22. The van der Waals surface area contributed by atoms with Gasteiger partial charge in [0.25, 0.3) is 0 Å². The van der Waals surface area contributed by atoms with Crippen molar-refractivity contribution in [3.05, 3.63) is 58.0 Å². The highest BCUT2D eigenvalue weighted by Gasteiger charge is 2.23. The number of hydrogen-bond acceptors (Lipinski definition) is 4. The van der Waals surface area contributed by atoms with Gasteiger partial charge >= 0.3 is 5.69 Å². The third-order valence-electron chi connectivity index (χ3n) is 2.16. The van der Waals surface area contributed by atoms with Gasteiger partial charge in [-0.1, -0.05) is 0 Å². The van der Waals surface area contributed by atoms with Crippen molar-refractivity contribution >= 4 is 5.69 Å². The minimum Gasteiger partial charge on any atom is -0.477 e. The third kappa shape index (κ3) is 2.29. The molecule has 0 unspecified atom stereocenters. The lowest BCUT2D eigenvalue weighted by molar-refractivity contribution is -0.386. The normalized spacial score (nSPS) is 10.3. The zero-order valence-corrected chi connectivity index (χ0v) is 8.93. The summed E-state index contributed by atoms with van der Waals surface area (Å²) in [7, 11) is 0.